The van der Waals surface area contributed by atoms with Crippen LogP contribution >= 0.6 is 11.6 Å². The van der Waals surface area contributed by atoms with Gasteiger partial charge in [-0.15, -0.1) is 0 Å². The molecule has 20 heteroatoms. The van der Waals surface area contributed by atoms with Gasteiger partial charge in [0.15, 0.2) is 18.2 Å². The number of aromatic nitrogens is 3. The maximum absolute atomic E-state index is 14.5. The number of likely N-dealkylation sites (N-methyl/N-ethyl adjacent to an activating group) is 1. The number of amides is 4. The molecule has 16 nitrogen and oxygen atoms in total. The normalized spacial score (nSPS) is 22.0. The third-order valence-electron chi connectivity index (χ3n) is 13.8. The smallest absolute Gasteiger partial charge is 0.416 e. The molecule has 4 amide bonds. The van der Waals surface area contributed by atoms with Crippen LogP contribution in [0.15, 0.2) is 47.4 Å². The average molecular weight is 948 g/mol. The summed E-state index contributed by atoms with van der Waals surface area (Å²) < 4.78 is 57.3. The van der Waals surface area contributed by atoms with E-state index in [9.17, 15) is 37.1 Å². The average Bonchev–Trinajstić information content (AvgIpc) is 3.61. The van der Waals surface area contributed by atoms with Crippen LogP contribution in [0, 0.1) is 0 Å². The van der Waals surface area contributed by atoms with Crippen molar-refractivity contribution in [2.45, 2.75) is 114 Å². The largest absolute Gasteiger partial charge is 0.478 e. The number of piperidine rings is 3. The Morgan fingerprint density at radius 1 is 0.970 bits per heavy atom. The number of benzene rings is 2. The molecule has 2 aromatic heterocycles. The summed E-state index contributed by atoms with van der Waals surface area (Å²) in [6, 6.07) is 8.90. The predicted octanol–water partition coefficient (Wildman–Crippen LogP) is 6.07. The number of likely N-dealkylation sites (tertiary alicyclic amines) is 1. The fraction of sp³-hybridized carbons (Fsp3) is 0.511. The van der Waals surface area contributed by atoms with Gasteiger partial charge in [-0.2, -0.15) is 18.2 Å². The topological polar surface area (TPSA) is 180 Å². The van der Waals surface area contributed by atoms with Gasteiger partial charge in [0.2, 0.25) is 17.8 Å². The van der Waals surface area contributed by atoms with E-state index in [4.69, 9.17) is 26.1 Å². The second kappa shape index (κ2) is 18.7. The minimum Gasteiger partial charge on any atom is -0.478 e. The lowest BCUT2D eigenvalue weighted by molar-refractivity contribution is -0.139. The molecule has 1 saturated carbocycles. The van der Waals surface area contributed by atoms with Crippen LogP contribution in [0.25, 0.3) is 10.9 Å². The zero-order chi connectivity index (χ0) is 47.3. The Bertz CT molecular complexity index is 2660. The number of pyridine rings is 1. The minimum absolute atomic E-state index is 0.0295. The van der Waals surface area contributed by atoms with E-state index in [-0.39, 0.29) is 78.5 Å². The summed E-state index contributed by atoms with van der Waals surface area (Å²) in [5.74, 6) is -1.31. The highest BCUT2D eigenvalue weighted by atomic mass is 35.5. The molecule has 5 aliphatic rings. The molecule has 1 unspecified atom stereocenters. The Labute approximate surface area is 389 Å². The maximum atomic E-state index is 14.5. The Kier molecular flexibility index (Phi) is 12.9. The molecule has 4 aromatic rings. The summed E-state index contributed by atoms with van der Waals surface area (Å²) in [6.45, 7) is 6.23. The van der Waals surface area contributed by atoms with Crippen LogP contribution in [-0.2, 0) is 31.8 Å². The van der Waals surface area contributed by atoms with Gasteiger partial charge in [0.25, 0.3) is 17.4 Å². The summed E-state index contributed by atoms with van der Waals surface area (Å²) in [6.07, 6.45) is 1.70. The molecule has 1 aliphatic carbocycles. The summed E-state index contributed by atoms with van der Waals surface area (Å²) in [5, 5.41) is 9.08. The molecule has 67 heavy (non-hydrogen) atoms. The van der Waals surface area contributed by atoms with Gasteiger partial charge in [-0.25, -0.2) is 4.98 Å². The summed E-state index contributed by atoms with van der Waals surface area (Å²) in [5.41, 5.74) is 0.908. The number of nitrogens with zero attached hydrogens (tertiary/aromatic N) is 6. The van der Waals surface area contributed by atoms with E-state index in [0.29, 0.717) is 78.6 Å². The summed E-state index contributed by atoms with van der Waals surface area (Å²) in [4.78, 5) is 77.6. The number of ether oxygens (including phenoxy) is 2. The number of nitrogens with one attached hydrogen (secondary N) is 3. The van der Waals surface area contributed by atoms with Crippen LogP contribution in [0.2, 0.25) is 5.02 Å². The van der Waals surface area contributed by atoms with E-state index in [2.05, 4.69) is 30.7 Å². The van der Waals surface area contributed by atoms with Crippen molar-refractivity contribution < 1.29 is 41.8 Å². The van der Waals surface area contributed by atoms with Crippen LogP contribution < -0.4 is 31.1 Å². The second-order valence-corrected chi connectivity index (χ2v) is 18.8. The van der Waals surface area contributed by atoms with E-state index in [0.717, 1.165) is 37.1 Å². The molecule has 356 valence electrons. The molecule has 4 fully saturated rings. The lowest BCUT2D eigenvalue weighted by Crippen LogP contribution is -2.52. The molecule has 3 saturated heterocycles. The first kappa shape index (κ1) is 46.3. The van der Waals surface area contributed by atoms with Gasteiger partial charge in [-0.05, 0) is 119 Å². The zero-order valence-electron chi connectivity index (χ0n) is 37.5. The van der Waals surface area contributed by atoms with Gasteiger partial charge in [0, 0.05) is 61.8 Å². The fourth-order valence-electron chi connectivity index (χ4n) is 10.2. The van der Waals surface area contributed by atoms with Gasteiger partial charge in [-0.3, -0.25) is 29.3 Å². The molecule has 2 aromatic carbocycles. The van der Waals surface area contributed by atoms with Crippen molar-refractivity contribution in [2.24, 2.45) is 0 Å². The number of alkyl halides is 3. The van der Waals surface area contributed by atoms with Crippen molar-refractivity contribution in [1.29, 1.82) is 0 Å². The van der Waals surface area contributed by atoms with E-state index in [1.54, 1.807) is 16.8 Å². The van der Waals surface area contributed by atoms with Gasteiger partial charge in [-0.1, -0.05) is 17.7 Å². The summed E-state index contributed by atoms with van der Waals surface area (Å²) in [7, 11) is 1.50. The zero-order valence-corrected chi connectivity index (χ0v) is 38.2. The Morgan fingerprint density at radius 2 is 1.72 bits per heavy atom. The van der Waals surface area contributed by atoms with Gasteiger partial charge < -0.3 is 39.4 Å². The fourth-order valence-corrected chi connectivity index (χ4v) is 10.3. The van der Waals surface area contributed by atoms with Gasteiger partial charge in [0.1, 0.15) is 11.1 Å². The highest BCUT2D eigenvalue weighted by molar-refractivity contribution is 6.33. The number of carbonyl (C=O) groups excluding carboxylic acids is 4. The standard InChI is InChI=1S/C47H53ClF3N9O7/c1-25(2)60-37-5-4-29(16-27(37)18-39(45(60)65)66-24-41(62)52-3)54-42-36(48)22-53-46(56-42)58-14-10-31(11-15-58)67-32-19-30(20-32)57-12-8-26(9-13-57)33-17-28-23-59(38-6-7-40(61)55-43(38)63)44(64)34(28)21-35(33)47(49,50)51/h4-5,16-18,21-22,25-26,30-32,38H,6-15,19-20,23-24H2,1-3H3,(H,52,62)(H,53,54,56)(H,55,61,63)/t30-,32-,38?. The number of halogens is 4. The molecule has 0 bridgehead atoms. The molecule has 1 atom stereocenters. The predicted molar refractivity (Wildman–Crippen MR) is 243 cm³/mol. The monoisotopic (exact) mass is 947 g/mol. The van der Waals surface area contributed by atoms with E-state index in [1.165, 1.54) is 18.0 Å². The SMILES string of the molecule is CNC(=O)COc1cc2cc(Nc3nc(N4CCC(O[C@H]5C[C@H](N6CCC(c7cc8c(cc7C(F)(F)F)C(=O)N(C7CCC(=O)NC7=O)C8)CC6)C5)CC4)ncc3Cl)ccc2n(C(C)C)c1=O. The molecule has 0 radical (unpaired) electrons. The number of anilines is 3. The van der Waals surface area contributed by atoms with Crippen molar-refractivity contribution in [3.63, 3.8) is 0 Å². The van der Waals surface area contributed by atoms with Crippen molar-refractivity contribution in [3.05, 3.63) is 80.2 Å². The lowest BCUT2D eigenvalue weighted by Gasteiger charge is -2.47. The third-order valence-corrected chi connectivity index (χ3v) is 14.1. The first-order valence-electron chi connectivity index (χ1n) is 22.9. The van der Waals surface area contributed by atoms with Gasteiger partial charge >= 0.3 is 6.18 Å². The van der Waals surface area contributed by atoms with Gasteiger partial charge in [0.05, 0.1) is 29.5 Å². The number of hydrogen-bond donors (Lipinski definition) is 3. The van der Waals surface area contributed by atoms with E-state index >= 15 is 0 Å². The van der Waals surface area contributed by atoms with Crippen LogP contribution in [0.1, 0.15) is 104 Å². The Morgan fingerprint density at radius 3 is 2.40 bits per heavy atom. The minimum atomic E-state index is -4.65. The lowest BCUT2D eigenvalue weighted by atomic mass is 9.81. The number of imide groups is 1. The number of carbonyl (C=O) groups is 4. The van der Waals surface area contributed by atoms with Crippen molar-refractivity contribution >= 4 is 63.6 Å². The van der Waals surface area contributed by atoms with Crippen LogP contribution in [0.5, 0.6) is 5.75 Å². The van der Waals surface area contributed by atoms with Crippen molar-refractivity contribution in [3.8, 4) is 5.75 Å². The van der Waals surface area contributed by atoms with Crippen molar-refractivity contribution in [2.75, 3.05) is 50.1 Å². The number of hydrogen-bond acceptors (Lipinski definition) is 12. The second-order valence-electron chi connectivity index (χ2n) is 18.4. The molecule has 9 rings (SSSR count). The Hall–Kier alpha value is -5.79. The highest BCUT2D eigenvalue weighted by Crippen LogP contribution is 2.44. The van der Waals surface area contributed by atoms with Crippen LogP contribution in [0.3, 0.4) is 0 Å². The Balaban J connectivity index is 0.764. The van der Waals surface area contributed by atoms with E-state index < -0.39 is 35.5 Å². The molecular formula is C47H53ClF3N9O7. The quantitative estimate of drug-likeness (QED) is 0.140. The first-order valence-corrected chi connectivity index (χ1v) is 23.3. The molecule has 0 spiro atoms. The third kappa shape index (κ3) is 9.54. The first-order chi connectivity index (χ1) is 32.0. The molecular weight excluding hydrogens is 895 g/mol. The van der Waals surface area contributed by atoms with Crippen molar-refractivity contribution in [1.82, 2.24) is 35.0 Å². The molecule has 3 N–H and O–H groups in total. The molecule has 4 aliphatic heterocycles. The van der Waals surface area contributed by atoms with Crippen LogP contribution in [-0.4, -0.2) is 112 Å². The molecule has 6 heterocycles. The van der Waals surface area contributed by atoms with E-state index in [1.807, 2.05) is 32.0 Å². The summed E-state index contributed by atoms with van der Waals surface area (Å²) >= 11 is 6.58. The van der Waals surface area contributed by atoms with Crippen LogP contribution in [0.4, 0.5) is 30.6 Å². The highest BCUT2D eigenvalue weighted by Gasteiger charge is 2.44. The maximum Gasteiger partial charge on any atom is 0.416 e. The number of rotatable bonds is 12. The number of fused-ring (bicyclic) bond motifs is 2.